The summed E-state index contributed by atoms with van der Waals surface area (Å²) in [6.07, 6.45) is 4.06. The molecule has 40 heavy (non-hydrogen) atoms. The van der Waals surface area contributed by atoms with Crippen LogP contribution in [0.4, 0.5) is 15.9 Å². The molecular weight excluding hydrogens is 535 g/mol. The molecule has 3 heterocycles. The summed E-state index contributed by atoms with van der Waals surface area (Å²) < 4.78 is 41.9. The first kappa shape index (κ1) is 27.3. The number of anilines is 2. The Labute approximate surface area is 231 Å². The summed E-state index contributed by atoms with van der Waals surface area (Å²) in [6, 6.07) is 14.7. The third-order valence-electron chi connectivity index (χ3n) is 7.06. The summed E-state index contributed by atoms with van der Waals surface area (Å²) >= 11 is 0. The summed E-state index contributed by atoms with van der Waals surface area (Å²) in [5.41, 5.74) is 2.19. The minimum Gasteiger partial charge on any atom is -0.338 e. The van der Waals surface area contributed by atoms with E-state index in [4.69, 9.17) is 0 Å². The quantitative estimate of drug-likeness (QED) is 0.347. The van der Waals surface area contributed by atoms with Crippen molar-refractivity contribution < 1.29 is 22.4 Å². The first-order valence-electron chi connectivity index (χ1n) is 13.0. The molecule has 1 saturated heterocycles. The van der Waals surface area contributed by atoms with E-state index in [0.717, 1.165) is 18.4 Å². The van der Waals surface area contributed by atoms with Crippen LogP contribution in [0, 0.1) is 12.7 Å². The lowest BCUT2D eigenvalue weighted by atomic mass is 9.89. The van der Waals surface area contributed by atoms with Gasteiger partial charge in [-0.3, -0.25) is 9.59 Å². The Morgan fingerprint density at radius 3 is 2.48 bits per heavy atom. The van der Waals surface area contributed by atoms with Gasteiger partial charge in [0.15, 0.2) is 5.65 Å². The maximum atomic E-state index is 14.8. The topological polar surface area (TPSA) is 126 Å². The molecule has 12 heteroatoms. The molecule has 2 aromatic heterocycles. The molecule has 1 aliphatic rings. The Morgan fingerprint density at radius 1 is 1.05 bits per heavy atom. The van der Waals surface area contributed by atoms with Crippen LogP contribution in [0.3, 0.4) is 0 Å². The van der Waals surface area contributed by atoms with Crippen LogP contribution in [-0.2, 0) is 10.0 Å². The van der Waals surface area contributed by atoms with Gasteiger partial charge in [0.05, 0.1) is 17.6 Å². The van der Waals surface area contributed by atoms with Gasteiger partial charge in [0.25, 0.3) is 11.8 Å². The van der Waals surface area contributed by atoms with Crippen molar-refractivity contribution in [3.8, 4) is 0 Å². The Kier molecular flexibility index (Phi) is 7.53. The van der Waals surface area contributed by atoms with Crippen molar-refractivity contribution in [1.82, 2.24) is 24.2 Å². The number of hydrogen-bond donors (Lipinski definition) is 2. The number of sulfonamides is 1. The molecule has 5 rings (SSSR count). The fraction of sp³-hybridized carbons (Fsp3) is 0.286. The number of hydrogen-bond acceptors (Lipinski definition) is 7. The third-order valence-corrected chi connectivity index (χ3v) is 8.31. The lowest BCUT2D eigenvalue weighted by Gasteiger charge is -2.32. The summed E-state index contributed by atoms with van der Waals surface area (Å²) in [5, 5.41) is 7.21. The lowest BCUT2D eigenvalue weighted by Crippen LogP contribution is -2.38. The average molecular weight is 565 g/mol. The van der Waals surface area contributed by atoms with Crippen LogP contribution in [-0.4, -0.2) is 58.6 Å². The number of likely N-dealkylation sites (tertiary alicyclic amines) is 1. The van der Waals surface area contributed by atoms with Gasteiger partial charge >= 0.3 is 0 Å². The first-order chi connectivity index (χ1) is 19.2. The summed E-state index contributed by atoms with van der Waals surface area (Å²) in [7, 11) is -3.83. The van der Waals surface area contributed by atoms with Crippen LogP contribution < -0.4 is 10.0 Å². The lowest BCUT2D eigenvalue weighted by molar-refractivity contribution is 0.0713. The Hall–Kier alpha value is -4.32. The average Bonchev–Trinajstić information content (AvgIpc) is 3.40. The molecular formula is C28H29FN6O4S. The smallest absolute Gasteiger partial charge is 0.270 e. The van der Waals surface area contributed by atoms with Crippen molar-refractivity contribution in [3.05, 3.63) is 89.0 Å². The van der Waals surface area contributed by atoms with Crippen molar-refractivity contribution in [2.75, 3.05) is 24.2 Å². The number of fused-ring (bicyclic) bond motifs is 1. The van der Waals surface area contributed by atoms with Crippen molar-refractivity contribution in [2.24, 2.45) is 0 Å². The van der Waals surface area contributed by atoms with Gasteiger partial charge < -0.3 is 10.2 Å². The Balaban J connectivity index is 1.51. The van der Waals surface area contributed by atoms with Gasteiger partial charge in [0.2, 0.25) is 10.0 Å². The highest BCUT2D eigenvalue weighted by Crippen LogP contribution is 2.31. The summed E-state index contributed by atoms with van der Waals surface area (Å²) in [4.78, 5) is 32.5. The summed E-state index contributed by atoms with van der Waals surface area (Å²) in [6.45, 7) is 4.26. The van der Waals surface area contributed by atoms with Gasteiger partial charge in [-0.05, 0) is 55.9 Å². The number of halogens is 1. The molecule has 0 unspecified atom stereocenters. The van der Waals surface area contributed by atoms with Crippen LogP contribution in [0.2, 0.25) is 0 Å². The number of piperidine rings is 1. The second-order valence-corrected chi connectivity index (χ2v) is 11.7. The van der Waals surface area contributed by atoms with E-state index in [1.807, 2.05) is 22.9 Å². The molecule has 0 saturated carbocycles. The zero-order valence-electron chi connectivity index (χ0n) is 22.1. The van der Waals surface area contributed by atoms with Crippen molar-refractivity contribution in [3.63, 3.8) is 0 Å². The number of carbonyl (C=O) groups is 2. The highest BCUT2D eigenvalue weighted by molar-refractivity contribution is 7.90. The number of aryl methyl sites for hydroxylation is 1. The van der Waals surface area contributed by atoms with Gasteiger partial charge in [-0.25, -0.2) is 22.5 Å². The van der Waals surface area contributed by atoms with Gasteiger partial charge in [0.1, 0.15) is 22.8 Å². The second-order valence-electron chi connectivity index (χ2n) is 9.73. The molecule has 1 fully saturated rings. The maximum Gasteiger partial charge on any atom is 0.270 e. The molecule has 0 spiro atoms. The van der Waals surface area contributed by atoms with Crippen LogP contribution in [0.15, 0.2) is 60.9 Å². The van der Waals surface area contributed by atoms with Crippen molar-refractivity contribution in [2.45, 2.75) is 32.6 Å². The van der Waals surface area contributed by atoms with Gasteiger partial charge in [0, 0.05) is 19.3 Å². The van der Waals surface area contributed by atoms with Gasteiger partial charge in [-0.2, -0.15) is 9.61 Å². The van der Waals surface area contributed by atoms with Crippen LogP contribution in [0.5, 0.6) is 0 Å². The molecule has 2 aromatic carbocycles. The molecule has 0 aliphatic carbocycles. The Bertz CT molecular complexity index is 1680. The molecule has 0 atom stereocenters. The molecule has 208 valence electrons. The van der Waals surface area contributed by atoms with Crippen molar-refractivity contribution in [1.29, 1.82) is 0 Å². The highest BCUT2D eigenvalue weighted by atomic mass is 32.2. The van der Waals surface area contributed by atoms with E-state index >= 15 is 0 Å². The SMILES string of the molecule is CCS(=O)(=O)NC(=O)c1cnn2c(Nc3cc(C)ccc3F)c(C(=O)N3CCC(c4ccccc4)CC3)cnc12. The number of benzene rings is 2. The molecule has 2 amide bonds. The first-order valence-corrected chi connectivity index (χ1v) is 14.6. The fourth-order valence-electron chi connectivity index (χ4n) is 4.81. The maximum absolute atomic E-state index is 14.8. The molecule has 0 bridgehead atoms. The van der Waals surface area contributed by atoms with Crippen LogP contribution >= 0.6 is 0 Å². The number of nitrogens with zero attached hydrogens (tertiary/aromatic N) is 4. The van der Waals surface area contributed by atoms with E-state index in [1.54, 1.807) is 24.0 Å². The zero-order chi connectivity index (χ0) is 28.4. The van der Waals surface area contributed by atoms with Crippen LogP contribution in [0.25, 0.3) is 5.65 Å². The number of aromatic nitrogens is 3. The van der Waals surface area contributed by atoms with E-state index < -0.39 is 21.7 Å². The normalized spacial score (nSPS) is 14.3. The molecule has 10 nitrogen and oxygen atoms in total. The largest absolute Gasteiger partial charge is 0.338 e. The number of rotatable bonds is 7. The highest BCUT2D eigenvalue weighted by Gasteiger charge is 2.29. The Morgan fingerprint density at radius 2 is 1.77 bits per heavy atom. The monoisotopic (exact) mass is 564 g/mol. The minimum atomic E-state index is -3.83. The van der Waals surface area contributed by atoms with Gasteiger partial charge in [-0.15, -0.1) is 0 Å². The second kappa shape index (κ2) is 11.0. The van der Waals surface area contributed by atoms with E-state index in [2.05, 4.69) is 27.5 Å². The summed E-state index contributed by atoms with van der Waals surface area (Å²) in [5.74, 6) is -1.59. The van der Waals surface area contributed by atoms with E-state index in [9.17, 15) is 22.4 Å². The predicted molar refractivity (Wildman–Crippen MR) is 149 cm³/mol. The zero-order valence-corrected chi connectivity index (χ0v) is 22.9. The van der Waals surface area contributed by atoms with E-state index in [1.165, 1.54) is 35.5 Å². The number of nitrogens with one attached hydrogen (secondary N) is 2. The standard InChI is InChI=1S/C28H29FN6O4S/c1-3-40(38,39)33-27(36)21-17-31-35-25(21)30-16-22(26(35)32-24-15-18(2)9-10-23(24)29)28(37)34-13-11-20(12-14-34)19-7-5-4-6-8-19/h4-10,15-17,20,32H,3,11-14H2,1-2H3,(H,33,36). The van der Waals surface area contributed by atoms with Crippen LogP contribution in [0.1, 0.15) is 57.5 Å². The third kappa shape index (κ3) is 5.53. The number of carbonyl (C=O) groups excluding carboxylic acids is 2. The van der Waals surface area contributed by atoms with E-state index in [-0.39, 0.29) is 39.9 Å². The fourth-order valence-corrected chi connectivity index (χ4v) is 5.35. The minimum absolute atomic E-state index is 0.0127. The number of amides is 2. The molecule has 0 radical (unpaired) electrons. The van der Waals surface area contributed by atoms with Crippen molar-refractivity contribution >= 4 is 39.0 Å². The van der Waals surface area contributed by atoms with E-state index in [0.29, 0.717) is 19.0 Å². The molecule has 4 aromatic rings. The predicted octanol–water partition coefficient (Wildman–Crippen LogP) is 4.02. The van der Waals surface area contributed by atoms with Gasteiger partial charge in [-0.1, -0.05) is 36.4 Å². The molecule has 1 aliphatic heterocycles. The molecule has 2 N–H and O–H groups in total.